The maximum atomic E-state index is 11.0. The highest BCUT2D eigenvalue weighted by Gasteiger charge is 2.03. The lowest BCUT2D eigenvalue weighted by Gasteiger charge is -2.08. The molecule has 0 aromatic heterocycles. The van der Waals surface area contributed by atoms with Crippen molar-refractivity contribution in [3.8, 4) is 5.75 Å². The summed E-state index contributed by atoms with van der Waals surface area (Å²) >= 11 is 1.55. The Morgan fingerprint density at radius 1 is 1.38 bits per heavy atom. The first kappa shape index (κ1) is 12.6. The number of carbonyl (C=O) groups excluding carboxylic acids is 1. The monoisotopic (exact) mass is 237 g/mol. The average molecular weight is 237 g/mol. The summed E-state index contributed by atoms with van der Waals surface area (Å²) in [4.78, 5) is 11.0. The summed E-state index contributed by atoms with van der Waals surface area (Å²) in [5, 5.41) is 4.70. The second-order valence-corrected chi connectivity index (χ2v) is 3.88. The van der Waals surface area contributed by atoms with Crippen molar-refractivity contribution in [2.45, 2.75) is 6.92 Å². The molecule has 0 saturated heterocycles. The number of ether oxygens (including phenoxy) is 1. The number of hydrogen-bond donors (Lipinski definition) is 1. The van der Waals surface area contributed by atoms with Gasteiger partial charge in [-0.25, -0.2) is 0 Å². The fourth-order valence-electron chi connectivity index (χ4n) is 1.25. The maximum Gasteiger partial charge on any atom is 0.221 e. The van der Waals surface area contributed by atoms with Gasteiger partial charge in [0.1, 0.15) is 5.75 Å². The Morgan fingerprint density at radius 2 is 2.00 bits per heavy atom. The lowest BCUT2D eigenvalue weighted by Crippen LogP contribution is -2.17. The second kappa shape index (κ2) is 6.23. The number of methoxy groups -OCH3 is 1. The van der Waals surface area contributed by atoms with E-state index >= 15 is 0 Å². The summed E-state index contributed by atoms with van der Waals surface area (Å²) < 4.78 is 5.08. The van der Waals surface area contributed by atoms with Crippen molar-refractivity contribution in [1.82, 2.24) is 5.32 Å². The third-order valence-corrected chi connectivity index (χ3v) is 2.42. The van der Waals surface area contributed by atoms with Crippen molar-refractivity contribution in [1.29, 1.82) is 0 Å². The van der Waals surface area contributed by atoms with Gasteiger partial charge in [-0.2, -0.15) is 0 Å². The average Bonchev–Trinajstić information content (AvgIpc) is 2.28. The highest BCUT2D eigenvalue weighted by Crippen LogP contribution is 2.18. The summed E-state index contributed by atoms with van der Waals surface area (Å²) in [6.07, 6.45) is 1.95. The predicted molar refractivity (Wildman–Crippen MR) is 68.3 cm³/mol. The van der Waals surface area contributed by atoms with E-state index < -0.39 is 0 Å². The van der Waals surface area contributed by atoms with Gasteiger partial charge in [0.25, 0.3) is 0 Å². The highest BCUT2D eigenvalue weighted by molar-refractivity contribution is 8.01. The van der Waals surface area contributed by atoms with E-state index in [1.807, 2.05) is 35.9 Å². The minimum Gasteiger partial charge on any atom is -0.497 e. The van der Waals surface area contributed by atoms with Gasteiger partial charge in [-0.05, 0) is 41.5 Å². The Labute approximate surface area is 99.9 Å². The van der Waals surface area contributed by atoms with Crippen molar-refractivity contribution < 1.29 is 9.53 Å². The topological polar surface area (TPSA) is 38.3 Å². The molecule has 3 nitrogen and oxygen atoms in total. The first-order valence-electron chi connectivity index (χ1n) is 4.82. The molecule has 0 saturated carbocycles. The standard InChI is InChI=1S/C12H15NO2S/c1-9(14)13-12(8-16-3)10-4-6-11(15-2)7-5-10/h4-8H,1-3H3,(H,13,14)/b12-8-. The fraction of sp³-hybridized carbons (Fsp3) is 0.250. The molecule has 0 radical (unpaired) electrons. The molecule has 1 N–H and O–H groups in total. The molecule has 1 rings (SSSR count). The fourth-order valence-corrected chi connectivity index (χ4v) is 1.68. The number of benzene rings is 1. The lowest BCUT2D eigenvalue weighted by molar-refractivity contribution is -0.117. The van der Waals surface area contributed by atoms with E-state index in [9.17, 15) is 4.79 Å². The van der Waals surface area contributed by atoms with Crippen LogP contribution in [0.15, 0.2) is 29.7 Å². The molecule has 0 atom stereocenters. The molecule has 1 amide bonds. The van der Waals surface area contributed by atoms with Crippen molar-refractivity contribution in [3.63, 3.8) is 0 Å². The Kier molecular flexibility index (Phi) is 4.92. The zero-order chi connectivity index (χ0) is 12.0. The van der Waals surface area contributed by atoms with E-state index in [1.54, 1.807) is 18.9 Å². The molecule has 4 heteroatoms. The Bertz CT molecular complexity index is 385. The van der Waals surface area contributed by atoms with Gasteiger partial charge >= 0.3 is 0 Å². The van der Waals surface area contributed by atoms with Crippen molar-refractivity contribution >= 4 is 23.4 Å². The van der Waals surface area contributed by atoms with E-state index in [0.717, 1.165) is 17.0 Å². The van der Waals surface area contributed by atoms with Crippen molar-refractivity contribution in [3.05, 3.63) is 35.2 Å². The van der Waals surface area contributed by atoms with Crippen LogP contribution in [0.2, 0.25) is 0 Å². The molecule has 0 aliphatic heterocycles. The van der Waals surface area contributed by atoms with Gasteiger partial charge in [0.15, 0.2) is 0 Å². The van der Waals surface area contributed by atoms with Gasteiger partial charge in [-0.3, -0.25) is 4.79 Å². The number of carbonyl (C=O) groups is 1. The van der Waals surface area contributed by atoms with E-state index in [1.165, 1.54) is 6.92 Å². The molecule has 0 aliphatic rings. The molecule has 1 aromatic carbocycles. The zero-order valence-electron chi connectivity index (χ0n) is 9.61. The molecule has 0 spiro atoms. The third kappa shape index (κ3) is 3.62. The van der Waals surface area contributed by atoms with Crippen LogP contribution in [0, 0.1) is 0 Å². The summed E-state index contributed by atoms with van der Waals surface area (Å²) in [5.74, 6) is 0.728. The Morgan fingerprint density at radius 3 is 2.44 bits per heavy atom. The summed E-state index contributed by atoms with van der Waals surface area (Å²) in [6.45, 7) is 1.50. The third-order valence-electron chi connectivity index (χ3n) is 1.95. The molecule has 0 unspecified atom stereocenters. The number of nitrogens with one attached hydrogen (secondary N) is 1. The predicted octanol–water partition coefficient (Wildman–Crippen LogP) is 2.49. The number of rotatable bonds is 4. The molecule has 1 aromatic rings. The van der Waals surface area contributed by atoms with Gasteiger partial charge in [-0.1, -0.05) is 0 Å². The first-order chi connectivity index (χ1) is 7.67. The van der Waals surface area contributed by atoms with Crippen molar-refractivity contribution in [2.24, 2.45) is 0 Å². The van der Waals surface area contributed by atoms with Gasteiger partial charge in [0, 0.05) is 6.92 Å². The number of amides is 1. The second-order valence-electron chi connectivity index (χ2n) is 3.18. The summed E-state index contributed by atoms with van der Waals surface area (Å²) in [7, 11) is 1.63. The van der Waals surface area contributed by atoms with E-state index in [-0.39, 0.29) is 5.91 Å². The number of hydrogen-bond acceptors (Lipinski definition) is 3. The van der Waals surface area contributed by atoms with E-state index in [0.29, 0.717) is 0 Å². The zero-order valence-corrected chi connectivity index (χ0v) is 10.4. The van der Waals surface area contributed by atoms with Crippen LogP contribution in [0.5, 0.6) is 5.75 Å². The molecule has 0 fully saturated rings. The quantitative estimate of drug-likeness (QED) is 0.874. The Hall–Kier alpha value is -1.42. The van der Waals surface area contributed by atoms with Crippen molar-refractivity contribution in [2.75, 3.05) is 13.4 Å². The van der Waals surface area contributed by atoms with Crippen LogP contribution in [-0.2, 0) is 4.79 Å². The van der Waals surface area contributed by atoms with Crippen LogP contribution in [0.3, 0.4) is 0 Å². The molecule has 16 heavy (non-hydrogen) atoms. The molecular weight excluding hydrogens is 222 g/mol. The van der Waals surface area contributed by atoms with Crippen LogP contribution >= 0.6 is 11.8 Å². The maximum absolute atomic E-state index is 11.0. The van der Waals surface area contributed by atoms with E-state index in [4.69, 9.17) is 4.74 Å². The molecule has 0 aliphatic carbocycles. The van der Waals surface area contributed by atoms with Crippen LogP contribution in [0.1, 0.15) is 12.5 Å². The summed E-state index contributed by atoms with van der Waals surface area (Å²) in [5.41, 5.74) is 1.77. The SMILES string of the molecule is COc1ccc(/C(=C/SC)NC(C)=O)cc1. The van der Waals surface area contributed by atoms with Crippen LogP contribution < -0.4 is 10.1 Å². The summed E-state index contributed by atoms with van der Waals surface area (Å²) in [6, 6.07) is 7.56. The van der Waals surface area contributed by atoms with Gasteiger partial charge in [-0.15, -0.1) is 11.8 Å². The van der Waals surface area contributed by atoms with Crippen LogP contribution in [0.4, 0.5) is 0 Å². The van der Waals surface area contributed by atoms with Gasteiger partial charge in [0.2, 0.25) is 5.91 Å². The smallest absolute Gasteiger partial charge is 0.221 e. The first-order valence-corrected chi connectivity index (χ1v) is 6.11. The number of thioether (sulfide) groups is 1. The molecular formula is C12H15NO2S. The largest absolute Gasteiger partial charge is 0.497 e. The normalized spacial score (nSPS) is 11.1. The minimum absolute atomic E-state index is 0.0730. The molecule has 86 valence electrons. The van der Waals surface area contributed by atoms with Gasteiger partial charge < -0.3 is 10.1 Å². The minimum atomic E-state index is -0.0730. The molecule has 0 bridgehead atoms. The molecule has 0 heterocycles. The van der Waals surface area contributed by atoms with Crippen LogP contribution in [-0.4, -0.2) is 19.3 Å². The van der Waals surface area contributed by atoms with Crippen LogP contribution in [0.25, 0.3) is 5.70 Å². The lowest BCUT2D eigenvalue weighted by atomic mass is 10.1. The Balaban J connectivity index is 2.93. The van der Waals surface area contributed by atoms with E-state index in [2.05, 4.69) is 5.32 Å². The van der Waals surface area contributed by atoms with Gasteiger partial charge in [0.05, 0.1) is 12.8 Å². The highest BCUT2D eigenvalue weighted by atomic mass is 32.2.